The number of aryl methyl sites for hydroxylation is 4. The highest BCUT2D eigenvalue weighted by Gasteiger charge is 2.36. The van der Waals surface area contributed by atoms with Gasteiger partial charge in [-0.25, -0.2) is 13.4 Å². The second-order valence-electron chi connectivity index (χ2n) is 7.63. The van der Waals surface area contributed by atoms with Gasteiger partial charge in [0.15, 0.2) is 0 Å². The minimum atomic E-state index is -3.52. The third-order valence-electron chi connectivity index (χ3n) is 5.82. The molecule has 0 N–H and O–H groups in total. The van der Waals surface area contributed by atoms with Crippen LogP contribution in [0.2, 0.25) is 0 Å². The van der Waals surface area contributed by atoms with Gasteiger partial charge in [-0.1, -0.05) is 6.07 Å². The van der Waals surface area contributed by atoms with Crippen LogP contribution in [0.4, 0.5) is 0 Å². The Morgan fingerprint density at radius 1 is 1.14 bits per heavy atom. The molecule has 28 heavy (non-hydrogen) atoms. The molecule has 1 aromatic carbocycles. The average molecular weight is 399 g/mol. The highest BCUT2D eigenvalue weighted by atomic mass is 32.2. The summed E-state index contributed by atoms with van der Waals surface area (Å²) in [5.41, 5.74) is 4.84. The van der Waals surface area contributed by atoms with Gasteiger partial charge in [0.2, 0.25) is 10.0 Å². The summed E-state index contributed by atoms with van der Waals surface area (Å²) in [4.78, 5) is 9.43. The second kappa shape index (κ2) is 6.97. The Morgan fingerprint density at radius 3 is 2.64 bits per heavy atom. The molecule has 0 spiro atoms. The molecule has 2 aromatic heterocycles. The van der Waals surface area contributed by atoms with Gasteiger partial charge in [-0.05, 0) is 62.9 Å². The van der Waals surface area contributed by atoms with Crippen molar-refractivity contribution in [3.05, 3.63) is 53.1 Å². The normalized spacial score (nSPS) is 18.2. The fourth-order valence-corrected chi connectivity index (χ4v) is 5.93. The summed E-state index contributed by atoms with van der Waals surface area (Å²) < 4.78 is 30.4. The first-order valence-corrected chi connectivity index (χ1v) is 11.1. The van der Waals surface area contributed by atoms with Crippen LogP contribution in [0.25, 0.3) is 11.0 Å². The minimum absolute atomic E-state index is 0.0916. The van der Waals surface area contributed by atoms with Crippen molar-refractivity contribution in [3.63, 3.8) is 0 Å². The van der Waals surface area contributed by atoms with Gasteiger partial charge >= 0.3 is 0 Å². The van der Waals surface area contributed by atoms with Gasteiger partial charge in [0, 0.05) is 31.7 Å². The van der Waals surface area contributed by atoms with E-state index in [1.807, 2.05) is 39.1 Å². The van der Waals surface area contributed by atoms with Crippen molar-refractivity contribution < 1.29 is 8.42 Å². The molecule has 0 bridgehead atoms. The molecule has 0 radical (unpaired) electrons. The number of nitrogens with zero attached hydrogens (tertiary/aromatic N) is 4. The number of pyridine rings is 1. The summed E-state index contributed by atoms with van der Waals surface area (Å²) in [5.74, 6) is 1.05. The highest BCUT2D eigenvalue weighted by Crippen LogP contribution is 2.33. The van der Waals surface area contributed by atoms with Gasteiger partial charge in [-0.15, -0.1) is 0 Å². The number of benzene rings is 1. The maximum absolute atomic E-state index is 13.3. The number of rotatable bonds is 4. The van der Waals surface area contributed by atoms with Crippen LogP contribution in [0, 0.1) is 20.8 Å². The topological polar surface area (TPSA) is 68.1 Å². The summed E-state index contributed by atoms with van der Waals surface area (Å²) in [5, 5.41) is 0. The highest BCUT2D eigenvalue weighted by molar-refractivity contribution is 7.89. The lowest BCUT2D eigenvalue weighted by atomic mass is 10.1. The molecule has 1 atom stereocenters. The number of hydrogen-bond donors (Lipinski definition) is 0. The Kier molecular flexibility index (Phi) is 4.75. The first-order chi connectivity index (χ1) is 13.3. The zero-order chi connectivity index (χ0) is 20.1. The standard InChI is InChI=1S/C21H26N4O2S/c1-5-25-19-12-22-8-6-18(19)23-21(25)17-7-9-24(13-17)28(26,27)20-11-15(3)14(2)10-16(20)4/h6,8,10-12,17H,5,7,9,13H2,1-4H3. The molecule has 1 unspecified atom stereocenters. The maximum atomic E-state index is 13.3. The smallest absolute Gasteiger partial charge is 0.243 e. The summed E-state index contributed by atoms with van der Waals surface area (Å²) in [7, 11) is -3.52. The lowest BCUT2D eigenvalue weighted by Gasteiger charge is -2.19. The predicted molar refractivity (Wildman–Crippen MR) is 110 cm³/mol. The molecule has 0 aliphatic carbocycles. The Hall–Kier alpha value is -2.25. The molecule has 1 saturated heterocycles. The zero-order valence-corrected chi connectivity index (χ0v) is 17.6. The number of fused-ring (bicyclic) bond motifs is 1. The average Bonchev–Trinajstić information content (AvgIpc) is 3.29. The minimum Gasteiger partial charge on any atom is -0.327 e. The van der Waals surface area contributed by atoms with E-state index in [0.29, 0.717) is 18.0 Å². The SMILES string of the molecule is CCn1c(C2CCN(S(=O)(=O)c3cc(C)c(C)cc3C)C2)nc2ccncc21. The Balaban J connectivity index is 1.67. The first-order valence-electron chi connectivity index (χ1n) is 9.71. The monoisotopic (exact) mass is 398 g/mol. The Morgan fingerprint density at radius 2 is 1.89 bits per heavy atom. The number of imidazole rings is 1. The molecule has 6 nitrogen and oxygen atoms in total. The molecule has 7 heteroatoms. The van der Waals surface area contributed by atoms with Gasteiger partial charge in [0.1, 0.15) is 5.82 Å². The van der Waals surface area contributed by atoms with Crippen LogP contribution in [0.3, 0.4) is 0 Å². The van der Waals surface area contributed by atoms with Gasteiger partial charge in [-0.3, -0.25) is 4.98 Å². The van der Waals surface area contributed by atoms with Crippen LogP contribution in [-0.2, 0) is 16.6 Å². The summed E-state index contributed by atoms with van der Waals surface area (Å²) >= 11 is 0. The van der Waals surface area contributed by atoms with E-state index >= 15 is 0 Å². The van der Waals surface area contributed by atoms with E-state index in [0.717, 1.165) is 46.5 Å². The summed E-state index contributed by atoms with van der Waals surface area (Å²) in [6.45, 7) is 9.69. The first kappa shape index (κ1) is 19.1. The van der Waals surface area contributed by atoms with Crippen LogP contribution in [-0.4, -0.2) is 40.3 Å². The van der Waals surface area contributed by atoms with E-state index in [-0.39, 0.29) is 5.92 Å². The zero-order valence-electron chi connectivity index (χ0n) is 16.8. The van der Waals surface area contributed by atoms with E-state index in [1.165, 1.54) is 0 Å². The molecule has 4 rings (SSSR count). The fourth-order valence-electron chi connectivity index (χ4n) is 4.14. The molecular formula is C21H26N4O2S. The van der Waals surface area contributed by atoms with Crippen molar-refractivity contribution in [2.45, 2.75) is 51.5 Å². The summed E-state index contributed by atoms with van der Waals surface area (Å²) in [6, 6.07) is 5.67. The molecule has 148 valence electrons. The van der Waals surface area contributed by atoms with Crippen molar-refractivity contribution in [3.8, 4) is 0 Å². The quantitative estimate of drug-likeness (QED) is 0.674. The molecule has 1 aliphatic heterocycles. The molecule has 1 fully saturated rings. The lowest BCUT2D eigenvalue weighted by Crippen LogP contribution is -2.29. The molecule has 1 aliphatic rings. The van der Waals surface area contributed by atoms with Crippen LogP contribution >= 0.6 is 0 Å². The van der Waals surface area contributed by atoms with Crippen LogP contribution in [0.15, 0.2) is 35.5 Å². The molecule has 0 saturated carbocycles. The Bertz CT molecular complexity index is 1150. The van der Waals surface area contributed by atoms with Crippen LogP contribution < -0.4 is 0 Å². The number of hydrogen-bond acceptors (Lipinski definition) is 4. The van der Waals surface area contributed by atoms with Crippen molar-refractivity contribution in [1.82, 2.24) is 18.8 Å². The van der Waals surface area contributed by atoms with Crippen molar-refractivity contribution in [2.75, 3.05) is 13.1 Å². The molecular weight excluding hydrogens is 372 g/mol. The van der Waals surface area contributed by atoms with Crippen molar-refractivity contribution in [2.24, 2.45) is 0 Å². The van der Waals surface area contributed by atoms with Gasteiger partial charge < -0.3 is 4.57 Å². The predicted octanol–water partition coefficient (Wildman–Crippen LogP) is 3.55. The van der Waals surface area contributed by atoms with Gasteiger partial charge in [-0.2, -0.15) is 4.31 Å². The van der Waals surface area contributed by atoms with E-state index in [4.69, 9.17) is 4.98 Å². The third kappa shape index (κ3) is 3.02. The fraction of sp³-hybridized carbons (Fsp3) is 0.429. The van der Waals surface area contributed by atoms with E-state index in [2.05, 4.69) is 16.5 Å². The molecule has 3 aromatic rings. The van der Waals surface area contributed by atoms with Gasteiger partial charge in [0.05, 0.1) is 22.1 Å². The largest absolute Gasteiger partial charge is 0.327 e. The summed E-state index contributed by atoms with van der Waals surface area (Å²) in [6.07, 6.45) is 4.35. The van der Waals surface area contributed by atoms with Crippen LogP contribution in [0.1, 0.15) is 41.8 Å². The lowest BCUT2D eigenvalue weighted by molar-refractivity contribution is 0.469. The number of sulfonamides is 1. The van der Waals surface area contributed by atoms with E-state index < -0.39 is 10.0 Å². The molecule has 3 heterocycles. The Labute approximate surface area is 166 Å². The maximum Gasteiger partial charge on any atom is 0.243 e. The van der Waals surface area contributed by atoms with Crippen molar-refractivity contribution in [1.29, 1.82) is 0 Å². The molecule has 0 amide bonds. The van der Waals surface area contributed by atoms with Gasteiger partial charge in [0.25, 0.3) is 0 Å². The van der Waals surface area contributed by atoms with E-state index in [1.54, 1.807) is 16.6 Å². The number of aromatic nitrogens is 3. The van der Waals surface area contributed by atoms with E-state index in [9.17, 15) is 8.42 Å². The second-order valence-corrected chi connectivity index (χ2v) is 9.54. The van der Waals surface area contributed by atoms with Crippen molar-refractivity contribution >= 4 is 21.1 Å². The van der Waals surface area contributed by atoms with Crippen LogP contribution in [0.5, 0.6) is 0 Å². The third-order valence-corrected chi connectivity index (χ3v) is 7.83.